The second kappa shape index (κ2) is 7.40. The molecule has 130 valence electrons. The number of nitrogens with zero attached hydrogens (tertiary/aromatic N) is 1. The summed E-state index contributed by atoms with van der Waals surface area (Å²) in [5, 5.41) is 9.50. The largest absolute Gasteiger partial charge is 0.382 e. The lowest BCUT2D eigenvalue weighted by Gasteiger charge is -2.11. The van der Waals surface area contributed by atoms with Crippen LogP contribution in [0, 0.1) is 0 Å². The van der Waals surface area contributed by atoms with Crippen LogP contribution in [0.25, 0.3) is 10.8 Å². The highest BCUT2D eigenvalue weighted by Gasteiger charge is 2.28. The molecule has 1 heterocycles. The maximum atomic E-state index is 12.4. The van der Waals surface area contributed by atoms with E-state index in [2.05, 4.69) is 40.8 Å². The van der Waals surface area contributed by atoms with Crippen LogP contribution >= 0.6 is 0 Å². The van der Waals surface area contributed by atoms with Crippen LogP contribution < -0.4 is 5.32 Å². The Hall–Kier alpha value is -3.14. The highest BCUT2D eigenvalue weighted by molar-refractivity contribution is 6.04. The van der Waals surface area contributed by atoms with Crippen LogP contribution in [0.5, 0.6) is 0 Å². The number of rotatable bonds is 5. The lowest BCUT2D eigenvalue weighted by atomic mass is 10.0. The number of nitrogens with one attached hydrogen (secondary N) is 1. The topological polar surface area (TPSA) is 50.7 Å². The Bertz CT molecular complexity index is 945. The number of amides is 1. The van der Waals surface area contributed by atoms with Gasteiger partial charge in [0.05, 0.1) is 5.71 Å². The molecule has 1 aliphatic heterocycles. The van der Waals surface area contributed by atoms with E-state index in [4.69, 9.17) is 4.84 Å². The third-order valence-corrected chi connectivity index (χ3v) is 4.64. The van der Waals surface area contributed by atoms with E-state index in [9.17, 15) is 4.79 Å². The Morgan fingerprint density at radius 1 is 1.00 bits per heavy atom. The molecule has 0 fully saturated rings. The zero-order valence-electron chi connectivity index (χ0n) is 14.4. The van der Waals surface area contributed by atoms with Gasteiger partial charge in [0.1, 0.15) is 0 Å². The maximum absolute atomic E-state index is 12.4. The number of benzene rings is 3. The Labute approximate surface area is 152 Å². The third kappa shape index (κ3) is 3.45. The smallest absolute Gasteiger partial charge is 0.264 e. The van der Waals surface area contributed by atoms with Gasteiger partial charge in [-0.3, -0.25) is 4.79 Å². The van der Waals surface area contributed by atoms with Crippen molar-refractivity contribution in [1.82, 2.24) is 5.32 Å². The fourth-order valence-electron chi connectivity index (χ4n) is 3.26. The molecule has 0 radical (unpaired) electrons. The number of hydrogen-bond acceptors (Lipinski definition) is 3. The normalized spacial score (nSPS) is 16.2. The summed E-state index contributed by atoms with van der Waals surface area (Å²) in [5.41, 5.74) is 3.05. The molecule has 0 aromatic heterocycles. The van der Waals surface area contributed by atoms with Gasteiger partial charge in [-0.15, -0.1) is 0 Å². The second-order valence-corrected chi connectivity index (χ2v) is 6.38. The summed E-state index contributed by atoms with van der Waals surface area (Å²) in [4.78, 5) is 17.7. The van der Waals surface area contributed by atoms with Crippen LogP contribution in [0.15, 0.2) is 78.0 Å². The van der Waals surface area contributed by atoms with E-state index in [1.165, 1.54) is 16.3 Å². The lowest BCUT2D eigenvalue weighted by molar-refractivity contribution is -0.131. The van der Waals surface area contributed by atoms with E-state index < -0.39 is 6.10 Å². The van der Waals surface area contributed by atoms with Crippen molar-refractivity contribution in [1.29, 1.82) is 0 Å². The Balaban J connectivity index is 1.32. The molecule has 0 unspecified atom stereocenters. The van der Waals surface area contributed by atoms with Crippen LogP contribution in [-0.2, 0) is 16.1 Å². The quantitative estimate of drug-likeness (QED) is 0.767. The predicted molar refractivity (Wildman–Crippen MR) is 103 cm³/mol. The molecule has 1 atom stereocenters. The van der Waals surface area contributed by atoms with E-state index in [-0.39, 0.29) is 5.91 Å². The van der Waals surface area contributed by atoms with E-state index in [1.807, 2.05) is 42.5 Å². The highest BCUT2D eigenvalue weighted by Crippen LogP contribution is 2.19. The van der Waals surface area contributed by atoms with Crippen molar-refractivity contribution in [3.8, 4) is 0 Å². The Kier molecular flexibility index (Phi) is 4.65. The first-order valence-corrected chi connectivity index (χ1v) is 8.84. The molecule has 1 aliphatic rings. The predicted octanol–water partition coefficient (Wildman–Crippen LogP) is 3.69. The van der Waals surface area contributed by atoms with Gasteiger partial charge in [-0.05, 0) is 28.3 Å². The summed E-state index contributed by atoms with van der Waals surface area (Å²) >= 11 is 0. The molecule has 1 amide bonds. The Morgan fingerprint density at radius 3 is 2.65 bits per heavy atom. The summed E-state index contributed by atoms with van der Waals surface area (Å²) in [6.45, 7) is 0.577. The lowest BCUT2D eigenvalue weighted by Crippen LogP contribution is -2.36. The van der Waals surface area contributed by atoms with Gasteiger partial charge in [0.25, 0.3) is 5.91 Å². The van der Waals surface area contributed by atoms with E-state index in [0.717, 1.165) is 17.7 Å². The minimum Gasteiger partial charge on any atom is -0.382 e. The van der Waals surface area contributed by atoms with Crippen LogP contribution in [0.4, 0.5) is 0 Å². The molecule has 0 saturated carbocycles. The molecule has 1 N–H and O–H groups in total. The third-order valence-electron chi connectivity index (χ3n) is 4.64. The van der Waals surface area contributed by atoms with Crippen LogP contribution in [0.1, 0.15) is 17.5 Å². The SMILES string of the molecule is O=C(NCCc1cccc2ccccc12)[C@H]1CC(c2ccccc2)=NO1. The van der Waals surface area contributed by atoms with Crippen molar-refractivity contribution in [2.75, 3.05) is 6.54 Å². The molecular weight excluding hydrogens is 324 g/mol. The maximum Gasteiger partial charge on any atom is 0.264 e. The van der Waals surface area contributed by atoms with Gasteiger partial charge >= 0.3 is 0 Å². The molecule has 4 nitrogen and oxygen atoms in total. The summed E-state index contributed by atoms with van der Waals surface area (Å²) in [6.07, 6.45) is 0.744. The van der Waals surface area contributed by atoms with Crippen LogP contribution in [0.3, 0.4) is 0 Å². The van der Waals surface area contributed by atoms with Gasteiger partial charge < -0.3 is 10.2 Å². The molecule has 4 heteroatoms. The van der Waals surface area contributed by atoms with Crippen molar-refractivity contribution < 1.29 is 9.63 Å². The van der Waals surface area contributed by atoms with E-state index >= 15 is 0 Å². The van der Waals surface area contributed by atoms with Crippen molar-refractivity contribution in [2.45, 2.75) is 18.9 Å². The molecule has 3 aromatic rings. The zero-order chi connectivity index (χ0) is 17.8. The summed E-state index contributed by atoms with van der Waals surface area (Å²) in [6, 6.07) is 24.4. The Morgan fingerprint density at radius 2 is 1.77 bits per heavy atom. The molecule has 4 rings (SSSR count). The first-order valence-electron chi connectivity index (χ1n) is 8.84. The number of hydrogen-bond donors (Lipinski definition) is 1. The minimum atomic E-state index is -0.544. The molecule has 0 saturated heterocycles. The van der Waals surface area contributed by atoms with Crippen LogP contribution in [-0.4, -0.2) is 24.3 Å². The number of fused-ring (bicyclic) bond motifs is 1. The number of carbonyl (C=O) groups excluding carboxylic acids is 1. The first kappa shape index (κ1) is 16.3. The van der Waals surface area contributed by atoms with E-state index in [0.29, 0.717) is 13.0 Å². The monoisotopic (exact) mass is 344 g/mol. The van der Waals surface area contributed by atoms with Crippen molar-refractivity contribution in [3.05, 3.63) is 83.9 Å². The molecule has 26 heavy (non-hydrogen) atoms. The fraction of sp³-hybridized carbons (Fsp3) is 0.182. The molecule has 3 aromatic carbocycles. The van der Waals surface area contributed by atoms with Gasteiger partial charge in [0, 0.05) is 13.0 Å². The van der Waals surface area contributed by atoms with Gasteiger partial charge in [-0.25, -0.2) is 0 Å². The first-order chi connectivity index (χ1) is 12.8. The molecular formula is C22H20N2O2. The average molecular weight is 344 g/mol. The van der Waals surface area contributed by atoms with Gasteiger partial charge in [0.2, 0.25) is 6.10 Å². The van der Waals surface area contributed by atoms with Gasteiger partial charge in [-0.1, -0.05) is 78.0 Å². The highest BCUT2D eigenvalue weighted by atomic mass is 16.6. The molecule has 0 spiro atoms. The molecule has 0 aliphatic carbocycles. The zero-order valence-corrected chi connectivity index (χ0v) is 14.4. The summed E-state index contributed by atoms with van der Waals surface area (Å²) in [7, 11) is 0. The van der Waals surface area contributed by atoms with E-state index in [1.54, 1.807) is 0 Å². The van der Waals surface area contributed by atoms with Crippen molar-refractivity contribution >= 4 is 22.4 Å². The second-order valence-electron chi connectivity index (χ2n) is 6.38. The number of carbonyl (C=O) groups is 1. The molecule has 0 bridgehead atoms. The summed E-state index contributed by atoms with van der Waals surface area (Å²) in [5.74, 6) is -0.111. The van der Waals surface area contributed by atoms with Crippen molar-refractivity contribution in [3.63, 3.8) is 0 Å². The fourth-order valence-corrected chi connectivity index (χ4v) is 3.26. The van der Waals surface area contributed by atoms with Crippen molar-refractivity contribution in [2.24, 2.45) is 5.16 Å². The summed E-state index contributed by atoms with van der Waals surface area (Å²) < 4.78 is 0. The number of oxime groups is 1. The van der Waals surface area contributed by atoms with Gasteiger partial charge in [0.15, 0.2) is 0 Å². The van der Waals surface area contributed by atoms with Crippen LogP contribution in [0.2, 0.25) is 0 Å². The van der Waals surface area contributed by atoms with Gasteiger partial charge in [-0.2, -0.15) is 0 Å². The standard InChI is InChI=1S/C22H20N2O2/c25-22(21-15-20(24-26-21)18-8-2-1-3-9-18)23-14-13-17-11-6-10-16-7-4-5-12-19(16)17/h1-12,21H,13-15H2,(H,23,25)/t21-/m1/s1. The average Bonchev–Trinajstić information content (AvgIpc) is 3.19. The minimum absolute atomic E-state index is 0.111.